The number of rotatable bonds is 5. The van der Waals surface area contributed by atoms with Crippen LogP contribution in [0, 0.1) is 20.8 Å². The van der Waals surface area contributed by atoms with E-state index in [-0.39, 0.29) is 12.5 Å². The Bertz CT molecular complexity index is 1040. The van der Waals surface area contributed by atoms with Crippen LogP contribution in [0.5, 0.6) is 0 Å². The van der Waals surface area contributed by atoms with Crippen molar-refractivity contribution in [3.63, 3.8) is 0 Å². The molecule has 1 heterocycles. The zero-order chi connectivity index (χ0) is 22.1. The minimum Gasteiger partial charge on any atom is -0.325 e. The van der Waals surface area contributed by atoms with E-state index in [1.807, 2.05) is 37.8 Å². The van der Waals surface area contributed by atoms with Crippen LogP contribution in [-0.2, 0) is 14.8 Å². The highest BCUT2D eigenvalue weighted by Crippen LogP contribution is 2.27. The molecule has 0 aliphatic carbocycles. The van der Waals surface area contributed by atoms with Gasteiger partial charge in [0.1, 0.15) is 0 Å². The normalized spacial score (nSPS) is 15.9. The smallest absolute Gasteiger partial charge is 0.243 e. The molecule has 1 aliphatic rings. The lowest BCUT2D eigenvalue weighted by Crippen LogP contribution is -2.50. The van der Waals surface area contributed by atoms with E-state index in [9.17, 15) is 13.2 Å². The van der Waals surface area contributed by atoms with Crippen molar-refractivity contribution < 1.29 is 13.2 Å². The Balaban J connectivity index is 1.60. The lowest BCUT2D eigenvalue weighted by atomic mass is 10.1. The number of piperazine rings is 1. The van der Waals surface area contributed by atoms with Gasteiger partial charge in [0.05, 0.1) is 21.5 Å². The summed E-state index contributed by atoms with van der Waals surface area (Å²) in [5, 5.41) is 3.58. The quantitative estimate of drug-likeness (QED) is 0.721. The van der Waals surface area contributed by atoms with Crippen LogP contribution >= 0.6 is 23.2 Å². The molecule has 0 aromatic heterocycles. The highest BCUT2D eigenvalue weighted by atomic mass is 35.5. The van der Waals surface area contributed by atoms with Crippen LogP contribution in [0.15, 0.2) is 35.2 Å². The van der Waals surface area contributed by atoms with Gasteiger partial charge >= 0.3 is 0 Å². The molecule has 6 nitrogen and oxygen atoms in total. The zero-order valence-corrected chi connectivity index (χ0v) is 19.5. The second-order valence-electron chi connectivity index (χ2n) is 7.59. The number of anilines is 1. The predicted molar refractivity (Wildman–Crippen MR) is 121 cm³/mol. The fraction of sp³-hybridized carbons (Fsp3) is 0.381. The van der Waals surface area contributed by atoms with Crippen molar-refractivity contribution in [2.24, 2.45) is 0 Å². The third-order valence-electron chi connectivity index (χ3n) is 5.10. The topological polar surface area (TPSA) is 69.7 Å². The van der Waals surface area contributed by atoms with E-state index in [0.717, 1.165) is 16.7 Å². The Hall–Kier alpha value is -1.64. The second kappa shape index (κ2) is 9.24. The first-order valence-electron chi connectivity index (χ1n) is 9.63. The van der Waals surface area contributed by atoms with Crippen LogP contribution in [0.2, 0.25) is 10.0 Å². The average molecular weight is 470 g/mol. The minimum atomic E-state index is -3.57. The number of nitrogens with zero attached hydrogens (tertiary/aromatic N) is 2. The van der Waals surface area contributed by atoms with Crippen molar-refractivity contribution in [1.82, 2.24) is 9.21 Å². The van der Waals surface area contributed by atoms with Crippen LogP contribution < -0.4 is 5.32 Å². The SMILES string of the molecule is Cc1cc(C)c(S(=O)(=O)N2CCN(CC(=O)Nc3ccc(Cl)c(Cl)c3)CC2)c(C)c1. The molecule has 1 amide bonds. The van der Waals surface area contributed by atoms with Gasteiger partial charge in [-0.15, -0.1) is 0 Å². The van der Waals surface area contributed by atoms with Crippen molar-refractivity contribution in [3.8, 4) is 0 Å². The van der Waals surface area contributed by atoms with E-state index in [4.69, 9.17) is 23.2 Å². The van der Waals surface area contributed by atoms with Crippen LogP contribution in [0.4, 0.5) is 5.69 Å². The molecule has 30 heavy (non-hydrogen) atoms. The molecule has 0 saturated carbocycles. The fourth-order valence-electron chi connectivity index (χ4n) is 3.81. The maximum absolute atomic E-state index is 13.2. The first-order chi connectivity index (χ1) is 14.1. The number of amides is 1. The zero-order valence-electron chi connectivity index (χ0n) is 17.2. The molecule has 2 aromatic rings. The van der Waals surface area contributed by atoms with Gasteiger partial charge in [-0.1, -0.05) is 40.9 Å². The number of carbonyl (C=O) groups is 1. The number of hydrogen-bond donors (Lipinski definition) is 1. The number of carbonyl (C=O) groups excluding carboxylic acids is 1. The summed E-state index contributed by atoms with van der Waals surface area (Å²) in [7, 11) is -3.57. The summed E-state index contributed by atoms with van der Waals surface area (Å²) in [6.07, 6.45) is 0. The van der Waals surface area contributed by atoms with Crippen molar-refractivity contribution in [2.75, 3.05) is 38.0 Å². The number of halogens is 2. The number of sulfonamides is 1. The lowest BCUT2D eigenvalue weighted by molar-refractivity contribution is -0.117. The number of benzene rings is 2. The van der Waals surface area contributed by atoms with E-state index < -0.39 is 10.0 Å². The molecule has 1 fully saturated rings. The van der Waals surface area contributed by atoms with Crippen LogP contribution in [-0.4, -0.2) is 56.3 Å². The Labute approximate surface area is 187 Å². The standard InChI is InChI=1S/C21H25Cl2N3O3S/c1-14-10-15(2)21(16(3)11-14)30(28,29)26-8-6-25(7-9-26)13-20(27)24-17-4-5-18(22)19(23)12-17/h4-5,10-12H,6-9,13H2,1-3H3,(H,24,27). The molecule has 0 unspecified atom stereocenters. The van der Waals surface area contributed by atoms with Gasteiger partial charge in [-0.05, 0) is 50.1 Å². The number of hydrogen-bond acceptors (Lipinski definition) is 4. The van der Waals surface area contributed by atoms with Gasteiger partial charge in [0.2, 0.25) is 15.9 Å². The lowest BCUT2D eigenvalue weighted by Gasteiger charge is -2.34. The summed E-state index contributed by atoms with van der Waals surface area (Å²) < 4.78 is 27.9. The summed E-state index contributed by atoms with van der Waals surface area (Å²) in [4.78, 5) is 14.7. The highest BCUT2D eigenvalue weighted by molar-refractivity contribution is 7.89. The first-order valence-corrected chi connectivity index (χ1v) is 11.8. The molecular formula is C21H25Cl2N3O3S. The van der Waals surface area contributed by atoms with Gasteiger partial charge in [0.25, 0.3) is 0 Å². The fourth-order valence-corrected chi connectivity index (χ4v) is 5.94. The molecule has 162 valence electrons. The van der Waals surface area contributed by atoms with E-state index in [1.165, 1.54) is 4.31 Å². The predicted octanol–water partition coefficient (Wildman–Crippen LogP) is 3.86. The van der Waals surface area contributed by atoms with Gasteiger partial charge in [0.15, 0.2) is 0 Å². The second-order valence-corrected chi connectivity index (χ2v) is 10.3. The number of nitrogens with one attached hydrogen (secondary N) is 1. The Morgan fingerprint density at radius 2 is 1.57 bits per heavy atom. The third kappa shape index (κ3) is 5.15. The van der Waals surface area contributed by atoms with Gasteiger partial charge in [0, 0.05) is 31.9 Å². The Morgan fingerprint density at radius 1 is 0.967 bits per heavy atom. The maximum Gasteiger partial charge on any atom is 0.243 e. The molecule has 1 aliphatic heterocycles. The molecule has 0 atom stereocenters. The molecule has 0 radical (unpaired) electrons. The first kappa shape index (κ1) is 23.0. The van der Waals surface area contributed by atoms with E-state index in [2.05, 4.69) is 5.32 Å². The summed E-state index contributed by atoms with van der Waals surface area (Å²) >= 11 is 11.9. The highest BCUT2D eigenvalue weighted by Gasteiger charge is 2.31. The van der Waals surface area contributed by atoms with Crippen LogP contribution in [0.25, 0.3) is 0 Å². The van der Waals surface area contributed by atoms with Crippen molar-refractivity contribution in [1.29, 1.82) is 0 Å². The summed E-state index contributed by atoms with van der Waals surface area (Å²) in [6.45, 7) is 7.45. The third-order valence-corrected chi connectivity index (χ3v) is 8.05. The Kier molecular flexibility index (Phi) is 7.09. The van der Waals surface area contributed by atoms with E-state index in [0.29, 0.717) is 46.8 Å². The van der Waals surface area contributed by atoms with Crippen molar-refractivity contribution in [2.45, 2.75) is 25.7 Å². The Morgan fingerprint density at radius 3 is 2.13 bits per heavy atom. The molecule has 1 saturated heterocycles. The van der Waals surface area contributed by atoms with Crippen LogP contribution in [0.1, 0.15) is 16.7 Å². The molecule has 9 heteroatoms. The monoisotopic (exact) mass is 469 g/mol. The van der Waals surface area contributed by atoms with Gasteiger partial charge in [-0.2, -0.15) is 4.31 Å². The summed E-state index contributed by atoms with van der Waals surface area (Å²) in [5.41, 5.74) is 3.13. The molecule has 1 N–H and O–H groups in total. The number of aryl methyl sites for hydroxylation is 3. The molecule has 2 aromatic carbocycles. The van der Waals surface area contributed by atoms with E-state index in [1.54, 1.807) is 18.2 Å². The maximum atomic E-state index is 13.2. The van der Waals surface area contributed by atoms with Gasteiger partial charge in [-0.25, -0.2) is 8.42 Å². The van der Waals surface area contributed by atoms with Crippen molar-refractivity contribution in [3.05, 3.63) is 57.1 Å². The van der Waals surface area contributed by atoms with Crippen molar-refractivity contribution >= 4 is 44.8 Å². The summed E-state index contributed by atoms with van der Waals surface area (Å²) in [6, 6.07) is 8.69. The molecule has 3 rings (SSSR count). The van der Waals surface area contributed by atoms with Gasteiger partial charge in [-0.3, -0.25) is 9.69 Å². The molecular weight excluding hydrogens is 445 g/mol. The van der Waals surface area contributed by atoms with E-state index >= 15 is 0 Å². The largest absolute Gasteiger partial charge is 0.325 e. The summed E-state index contributed by atoms with van der Waals surface area (Å²) in [5.74, 6) is -0.185. The molecule has 0 spiro atoms. The van der Waals surface area contributed by atoms with Gasteiger partial charge < -0.3 is 5.32 Å². The van der Waals surface area contributed by atoms with Crippen LogP contribution in [0.3, 0.4) is 0 Å². The molecule has 0 bridgehead atoms. The minimum absolute atomic E-state index is 0.177. The average Bonchev–Trinajstić information content (AvgIpc) is 2.64.